The molecule has 1 amide bonds. The summed E-state index contributed by atoms with van der Waals surface area (Å²) >= 11 is 0. The molecule has 0 aromatic carbocycles. The van der Waals surface area contributed by atoms with E-state index < -0.39 is 0 Å². The second kappa shape index (κ2) is 4.38. The van der Waals surface area contributed by atoms with Crippen LogP contribution in [-0.2, 0) is 4.79 Å². The number of carbonyl (C=O) groups excluding carboxylic acids is 1. The lowest BCUT2D eigenvalue weighted by Crippen LogP contribution is -2.12. The van der Waals surface area contributed by atoms with Gasteiger partial charge in [-0.05, 0) is 6.42 Å². The minimum atomic E-state index is -0.0660. The van der Waals surface area contributed by atoms with Crippen LogP contribution in [0, 0.1) is 0 Å². The quantitative estimate of drug-likeness (QED) is 0.714. The van der Waals surface area contributed by atoms with Crippen LogP contribution in [0.2, 0.25) is 0 Å². The maximum absolute atomic E-state index is 11.0. The molecule has 1 heterocycles. The Morgan fingerprint density at radius 1 is 1.50 bits per heavy atom. The summed E-state index contributed by atoms with van der Waals surface area (Å²) in [7, 11) is 0. The third-order valence-electron chi connectivity index (χ3n) is 1.22. The van der Waals surface area contributed by atoms with E-state index in [4.69, 9.17) is 0 Å². The number of carbonyl (C=O) groups is 1. The molecule has 0 radical (unpaired) electrons. The van der Waals surface area contributed by atoms with Crippen LogP contribution in [0.15, 0.2) is 12.7 Å². The SMILES string of the molecule is CCCC(=O)Nc1ncncn1. The first kappa shape index (κ1) is 8.58. The molecule has 1 aromatic heterocycles. The molecule has 1 aromatic rings. The zero-order chi connectivity index (χ0) is 8.81. The Morgan fingerprint density at radius 3 is 2.75 bits per heavy atom. The van der Waals surface area contributed by atoms with Crippen LogP contribution in [-0.4, -0.2) is 20.9 Å². The summed E-state index contributed by atoms with van der Waals surface area (Å²) < 4.78 is 0. The molecule has 5 nitrogen and oxygen atoms in total. The van der Waals surface area contributed by atoms with E-state index in [1.54, 1.807) is 0 Å². The molecular weight excluding hydrogens is 156 g/mol. The molecule has 0 saturated heterocycles. The number of hydrogen-bond donors (Lipinski definition) is 1. The number of anilines is 1. The summed E-state index contributed by atoms with van der Waals surface area (Å²) in [5, 5.41) is 2.54. The predicted molar refractivity (Wildman–Crippen MR) is 43.4 cm³/mol. The van der Waals surface area contributed by atoms with Gasteiger partial charge in [-0.3, -0.25) is 10.1 Å². The number of amides is 1. The van der Waals surface area contributed by atoms with Crippen LogP contribution < -0.4 is 5.32 Å². The molecular formula is C7H10N4O. The first-order valence-electron chi connectivity index (χ1n) is 3.74. The fourth-order valence-corrected chi connectivity index (χ4v) is 0.718. The van der Waals surface area contributed by atoms with E-state index in [0.29, 0.717) is 12.4 Å². The van der Waals surface area contributed by atoms with Crippen molar-refractivity contribution >= 4 is 11.9 Å². The predicted octanol–water partition coefficient (Wildman–Crippen LogP) is 0.610. The van der Waals surface area contributed by atoms with Gasteiger partial charge in [-0.2, -0.15) is 0 Å². The van der Waals surface area contributed by atoms with Crippen LogP contribution in [0.1, 0.15) is 19.8 Å². The molecule has 1 rings (SSSR count). The molecule has 0 aliphatic rings. The van der Waals surface area contributed by atoms with Gasteiger partial charge in [0.05, 0.1) is 0 Å². The lowest BCUT2D eigenvalue weighted by Gasteiger charge is -1.99. The standard InChI is InChI=1S/C7H10N4O/c1-2-3-6(12)11-7-9-4-8-5-10-7/h4-5H,2-3H2,1H3,(H,8,9,10,11,12). The third-order valence-corrected chi connectivity index (χ3v) is 1.22. The zero-order valence-corrected chi connectivity index (χ0v) is 6.82. The van der Waals surface area contributed by atoms with E-state index in [2.05, 4.69) is 20.3 Å². The molecule has 0 saturated carbocycles. The van der Waals surface area contributed by atoms with E-state index in [1.807, 2.05) is 6.92 Å². The molecule has 64 valence electrons. The largest absolute Gasteiger partial charge is 0.294 e. The first-order chi connectivity index (χ1) is 5.83. The second-order valence-electron chi connectivity index (χ2n) is 2.26. The van der Waals surface area contributed by atoms with Crippen molar-refractivity contribution in [1.82, 2.24) is 15.0 Å². The molecule has 0 aliphatic heterocycles. The molecule has 0 atom stereocenters. The lowest BCUT2D eigenvalue weighted by molar-refractivity contribution is -0.116. The normalized spacial score (nSPS) is 9.42. The molecule has 5 heteroatoms. The van der Waals surface area contributed by atoms with E-state index in [1.165, 1.54) is 12.7 Å². The van der Waals surface area contributed by atoms with Crippen LogP contribution in [0.5, 0.6) is 0 Å². The van der Waals surface area contributed by atoms with Crippen molar-refractivity contribution < 1.29 is 4.79 Å². The number of aromatic nitrogens is 3. The van der Waals surface area contributed by atoms with E-state index >= 15 is 0 Å². The molecule has 12 heavy (non-hydrogen) atoms. The highest BCUT2D eigenvalue weighted by molar-refractivity contribution is 5.88. The monoisotopic (exact) mass is 166 g/mol. The van der Waals surface area contributed by atoms with Crippen molar-refractivity contribution in [3.8, 4) is 0 Å². The number of hydrogen-bond acceptors (Lipinski definition) is 4. The Bertz CT molecular complexity index is 249. The van der Waals surface area contributed by atoms with Gasteiger partial charge in [0.25, 0.3) is 0 Å². The van der Waals surface area contributed by atoms with Crippen molar-refractivity contribution in [2.24, 2.45) is 0 Å². The number of nitrogens with zero attached hydrogens (tertiary/aromatic N) is 3. The first-order valence-corrected chi connectivity index (χ1v) is 3.74. The smallest absolute Gasteiger partial charge is 0.232 e. The van der Waals surface area contributed by atoms with Gasteiger partial charge in [0, 0.05) is 6.42 Å². The fourth-order valence-electron chi connectivity index (χ4n) is 0.718. The maximum Gasteiger partial charge on any atom is 0.232 e. The van der Waals surface area contributed by atoms with Crippen LogP contribution in [0.25, 0.3) is 0 Å². The number of rotatable bonds is 3. The van der Waals surface area contributed by atoms with Gasteiger partial charge in [-0.15, -0.1) is 0 Å². The topological polar surface area (TPSA) is 67.8 Å². The van der Waals surface area contributed by atoms with Gasteiger partial charge >= 0.3 is 0 Å². The average Bonchev–Trinajstić information content (AvgIpc) is 2.06. The van der Waals surface area contributed by atoms with Crippen molar-refractivity contribution in [3.63, 3.8) is 0 Å². The molecule has 0 fully saturated rings. The van der Waals surface area contributed by atoms with E-state index in [0.717, 1.165) is 6.42 Å². The number of nitrogens with one attached hydrogen (secondary N) is 1. The molecule has 1 N–H and O–H groups in total. The van der Waals surface area contributed by atoms with Gasteiger partial charge in [0.15, 0.2) is 0 Å². The van der Waals surface area contributed by atoms with E-state index in [-0.39, 0.29) is 5.91 Å². The molecule has 0 bridgehead atoms. The van der Waals surface area contributed by atoms with Crippen LogP contribution in [0.4, 0.5) is 5.95 Å². The van der Waals surface area contributed by atoms with Crippen molar-refractivity contribution in [2.45, 2.75) is 19.8 Å². The highest BCUT2D eigenvalue weighted by Gasteiger charge is 2.00. The lowest BCUT2D eigenvalue weighted by atomic mass is 10.3. The molecule has 0 unspecified atom stereocenters. The third kappa shape index (κ3) is 2.61. The summed E-state index contributed by atoms with van der Waals surface area (Å²) in [4.78, 5) is 22.1. The van der Waals surface area contributed by atoms with Gasteiger partial charge in [-0.25, -0.2) is 15.0 Å². The van der Waals surface area contributed by atoms with Crippen LogP contribution >= 0.6 is 0 Å². The Hall–Kier alpha value is -1.52. The van der Waals surface area contributed by atoms with Gasteiger partial charge in [0.1, 0.15) is 12.7 Å². The molecule has 0 spiro atoms. The summed E-state index contributed by atoms with van der Waals surface area (Å²) in [5.41, 5.74) is 0. The zero-order valence-electron chi connectivity index (χ0n) is 6.82. The summed E-state index contributed by atoms with van der Waals surface area (Å²) in [6.07, 6.45) is 3.99. The highest BCUT2D eigenvalue weighted by atomic mass is 16.1. The Kier molecular flexibility index (Phi) is 3.13. The van der Waals surface area contributed by atoms with Gasteiger partial charge in [0.2, 0.25) is 11.9 Å². The minimum Gasteiger partial charge on any atom is -0.294 e. The van der Waals surface area contributed by atoms with Crippen molar-refractivity contribution in [2.75, 3.05) is 5.32 Å². The van der Waals surface area contributed by atoms with E-state index in [9.17, 15) is 4.79 Å². The van der Waals surface area contributed by atoms with Crippen LogP contribution in [0.3, 0.4) is 0 Å². The summed E-state index contributed by atoms with van der Waals surface area (Å²) in [5.74, 6) is 0.243. The highest BCUT2D eigenvalue weighted by Crippen LogP contribution is 1.95. The van der Waals surface area contributed by atoms with Gasteiger partial charge < -0.3 is 0 Å². The Morgan fingerprint density at radius 2 is 2.17 bits per heavy atom. The fraction of sp³-hybridized carbons (Fsp3) is 0.429. The minimum absolute atomic E-state index is 0.0660. The summed E-state index contributed by atoms with van der Waals surface area (Å²) in [6, 6.07) is 0. The summed E-state index contributed by atoms with van der Waals surface area (Å²) in [6.45, 7) is 1.94. The van der Waals surface area contributed by atoms with Crippen molar-refractivity contribution in [3.05, 3.63) is 12.7 Å². The second-order valence-corrected chi connectivity index (χ2v) is 2.26. The Labute approximate surface area is 70.3 Å². The maximum atomic E-state index is 11.0. The van der Waals surface area contributed by atoms with Gasteiger partial charge in [-0.1, -0.05) is 6.92 Å². The Balaban J connectivity index is 2.47. The molecule has 0 aliphatic carbocycles. The average molecular weight is 166 g/mol. The van der Waals surface area contributed by atoms with Crippen molar-refractivity contribution in [1.29, 1.82) is 0 Å².